The summed E-state index contributed by atoms with van der Waals surface area (Å²) in [5.74, 6) is 0. The molecule has 0 unspecified atom stereocenters. The molecular weight excluding hydrogens is 212 g/mol. The Morgan fingerprint density at radius 2 is 2.07 bits per heavy atom. The van der Waals surface area contributed by atoms with Crippen LogP contribution < -0.4 is 0 Å². The summed E-state index contributed by atoms with van der Waals surface area (Å²) in [6, 6.07) is 6.85. The second kappa shape index (κ2) is 4.77. The maximum absolute atomic E-state index is 11.3. The predicted molar refractivity (Wildman–Crippen MR) is 59.6 cm³/mol. The van der Waals surface area contributed by atoms with Crippen LogP contribution in [0.2, 0.25) is 0 Å². The number of sulfone groups is 1. The maximum atomic E-state index is 11.3. The topological polar surface area (TPSA) is 54.4 Å². The Bertz CT molecular complexity index is 421. The molecule has 15 heavy (non-hydrogen) atoms. The third-order valence-electron chi connectivity index (χ3n) is 2.18. The molecule has 0 amide bonds. The van der Waals surface area contributed by atoms with Crippen molar-refractivity contribution in [1.82, 2.24) is 0 Å². The van der Waals surface area contributed by atoms with Gasteiger partial charge in [0.1, 0.15) is 0 Å². The third kappa shape index (κ3) is 4.01. The highest BCUT2D eigenvalue weighted by atomic mass is 32.2. The van der Waals surface area contributed by atoms with Gasteiger partial charge in [-0.3, -0.25) is 0 Å². The predicted octanol–water partition coefficient (Wildman–Crippen LogP) is 1.40. The van der Waals surface area contributed by atoms with E-state index < -0.39 is 9.84 Å². The van der Waals surface area contributed by atoms with Gasteiger partial charge in [-0.1, -0.05) is 12.1 Å². The van der Waals surface area contributed by atoms with Crippen molar-refractivity contribution in [2.75, 3.05) is 6.26 Å². The molecule has 3 nitrogen and oxygen atoms in total. The summed E-state index contributed by atoms with van der Waals surface area (Å²) in [7, 11) is -3.13. The van der Waals surface area contributed by atoms with E-state index in [1.165, 1.54) is 6.26 Å². The number of benzene rings is 1. The fourth-order valence-corrected chi connectivity index (χ4v) is 2.00. The molecule has 0 aliphatic heterocycles. The highest BCUT2D eigenvalue weighted by Gasteiger charge is 2.07. The molecule has 84 valence electrons. The minimum atomic E-state index is -3.13. The monoisotopic (exact) mass is 228 g/mol. The van der Waals surface area contributed by atoms with Crippen molar-refractivity contribution in [3.8, 4) is 0 Å². The van der Waals surface area contributed by atoms with E-state index >= 15 is 0 Å². The van der Waals surface area contributed by atoms with E-state index in [0.29, 0.717) is 17.7 Å². The molecule has 0 fully saturated rings. The van der Waals surface area contributed by atoms with Crippen molar-refractivity contribution < 1.29 is 13.5 Å². The fourth-order valence-electron chi connectivity index (χ4n) is 1.31. The average molecular weight is 228 g/mol. The largest absolute Gasteiger partial charge is 0.393 e. The molecule has 1 rings (SSSR count). The van der Waals surface area contributed by atoms with Crippen LogP contribution in [0.3, 0.4) is 0 Å². The van der Waals surface area contributed by atoms with E-state index in [4.69, 9.17) is 5.11 Å². The van der Waals surface area contributed by atoms with Crippen molar-refractivity contribution in [1.29, 1.82) is 0 Å². The molecule has 1 aromatic rings. The molecule has 0 aliphatic rings. The standard InChI is InChI=1S/C11H16O3S/c1-9(12)6-7-10-4-3-5-11(8-10)15(2,13)14/h3-5,8-9,12H,6-7H2,1-2H3/t9-/m1/s1. The number of hydrogen-bond donors (Lipinski definition) is 1. The van der Waals surface area contributed by atoms with E-state index in [0.717, 1.165) is 5.56 Å². The van der Waals surface area contributed by atoms with Crippen molar-refractivity contribution >= 4 is 9.84 Å². The summed E-state index contributed by atoms with van der Waals surface area (Å²) >= 11 is 0. The molecule has 1 aromatic carbocycles. The molecule has 0 saturated carbocycles. The summed E-state index contributed by atoms with van der Waals surface area (Å²) in [6.45, 7) is 1.72. The van der Waals surface area contributed by atoms with Gasteiger partial charge in [-0.25, -0.2) is 8.42 Å². The summed E-state index contributed by atoms with van der Waals surface area (Å²) < 4.78 is 22.5. The van der Waals surface area contributed by atoms with Crippen LogP contribution in [0.1, 0.15) is 18.9 Å². The van der Waals surface area contributed by atoms with E-state index in [2.05, 4.69) is 0 Å². The van der Waals surface area contributed by atoms with Gasteiger partial charge in [0.05, 0.1) is 11.0 Å². The molecule has 1 atom stereocenters. The first-order valence-electron chi connectivity index (χ1n) is 4.86. The normalized spacial score (nSPS) is 13.8. The van der Waals surface area contributed by atoms with Crippen molar-refractivity contribution in [2.24, 2.45) is 0 Å². The summed E-state index contributed by atoms with van der Waals surface area (Å²) in [5, 5.41) is 9.12. The van der Waals surface area contributed by atoms with Gasteiger partial charge in [0.15, 0.2) is 9.84 Å². The molecule has 0 bridgehead atoms. The number of aryl methyl sites for hydroxylation is 1. The lowest BCUT2D eigenvalue weighted by Gasteiger charge is -2.05. The van der Waals surface area contributed by atoms with Gasteiger partial charge >= 0.3 is 0 Å². The van der Waals surface area contributed by atoms with E-state index in [1.807, 2.05) is 6.07 Å². The van der Waals surface area contributed by atoms with Gasteiger partial charge in [0.2, 0.25) is 0 Å². The zero-order chi connectivity index (χ0) is 11.5. The third-order valence-corrected chi connectivity index (χ3v) is 3.29. The minimum Gasteiger partial charge on any atom is -0.393 e. The van der Waals surface area contributed by atoms with E-state index in [9.17, 15) is 8.42 Å². The first kappa shape index (κ1) is 12.2. The lowest BCUT2D eigenvalue weighted by atomic mass is 10.1. The van der Waals surface area contributed by atoms with Crippen LogP contribution in [0.5, 0.6) is 0 Å². The molecule has 0 radical (unpaired) electrons. The van der Waals surface area contributed by atoms with E-state index in [1.54, 1.807) is 25.1 Å². The quantitative estimate of drug-likeness (QED) is 0.847. The SMILES string of the molecule is C[C@@H](O)CCc1cccc(S(C)(=O)=O)c1. The zero-order valence-corrected chi connectivity index (χ0v) is 9.79. The fraction of sp³-hybridized carbons (Fsp3) is 0.455. The van der Waals surface area contributed by atoms with Crippen molar-refractivity contribution in [3.05, 3.63) is 29.8 Å². The summed E-state index contributed by atoms with van der Waals surface area (Å²) in [5.41, 5.74) is 0.943. The highest BCUT2D eigenvalue weighted by molar-refractivity contribution is 7.90. The van der Waals surface area contributed by atoms with Crippen LogP contribution in [-0.4, -0.2) is 25.9 Å². The second-order valence-electron chi connectivity index (χ2n) is 3.81. The molecule has 4 heteroatoms. The van der Waals surface area contributed by atoms with Gasteiger partial charge < -0.3 is 5.11 Å². The minimum absolute atomic E-state index is 0.339. The number of rotatable bonds is 4. The Morgan fingerprint density at radius 3 is 2.60 bits per heavy atom. The van der Waals surface area contributed by atoms with Crippen LogP contribution in [-0.2, 0) is 16.3 Å². The Hall–Kier alpha value is -0.870. The maximum Gasteiger partial charge on any atom is 0.175 e. The van der Waals surface area contributed by atoms with Gasteiger partial charge in [-0.2, -0.15) is 0 Å². The molecule has 0 aromatic heterocycles. The van der Waals surface area contributed by atoms with Crippen LogP contribution in [0.25, 0.3) is 0 Å². The lowest BCUT2D eigenvalue weighted by Crippen LogP contribution is -2.02. The number of aliphatic hydroxyl groups is 1. The van der Waals surface area contributed by atoms with Gasteiger partial charge in [-0.05, 0) is 37.5 Å². The Kier molecular flexibility index (Phi) is 3.88. The molecule has 0 spiro atoms. The van der Waals surface area contributed by atoms with Gasteiger partial charge in [0.25, 0.3) is 0 Å². The molecule has 0 saturated heterocycles. The van der Waals surface area contributed by atoms with Crippen LogP contribution in [0.4, 0.5) is 0 Å². The smallest absolute Gasteiger partial charge is 0.175 e. The van der Waals surface area contributed by atoms with Gasteiger partial charge in [0, 0.05) is 6.26 Å². The number of aliphatic hydroxyl groups excluding tert-OH is 1. The van der Waals surface area contributed by atoms with Crippen LogP contribution >= 0.6 is 0 Å². The second-order valence-corrected chi connectivity index (χ2v) is 5.82. The van der Waals surface area contributed by atoms with Crippen molar-refractivity contribution in [2.45, 2.75) is 30.8 Å². The van der Waals surface area contributed by atoms with Crippen LogP contribution in [0.15, 0.2) is 29.2 Å². The summed E-state index contributed by atoms with van der Waals surface area (Å²) in [6.07, 6.45) is 2.18. The van der Waals surface area contributed by atoms with Crippen molar-refractivity contribution in [3.63, 3.8) is 0 Å². The molecule has 0 aliphatic carbocycles. The Morgan fingerprint density at radius 1 is 1.40 bits per heavy atom. The molecule has 0 heterocycles. The highest BCUT2D eigenvalue weighted by Crippen LogP contribution is 2.13. The first-order chi connectivity index (χ1) is 6.89. The lowest BCUT2D eigenvalue weighted by molar-refractivity contribution is 0.185. The zero-order valence-electron chi connectivity index (χ0n) is 8.97. The molecule has 1 N–H and O–H groups in total. The van der Waals surface area contributed by atoms with E-state index in [-0.39, 0.29) is 6.10 Å². The Balaban J connectivity index is 2.84. The van der Waals surface area contributed by atoms with Gasteiger partial charge in [-0.15, -0.1) is 0 Å². The Labute approximate surface area is 90.7 Å². The number of hydrogen-bond acceptors (Lipinski definition) is 3. The summed E-state index contributed by atoms with van der Waals surface area (Å²) in [4.78, 5) is 0.339. The first-order valence-corrected chi connectivity index (χ1v) is 6.76. The van der Waals surface area contributed by atoms with Crippen LogP contribution in [0, 0.1) is 0 Å². The average Bonchev–Trinajstić information content (AvgIpc) is 2.14. The molecular formula is C11H16O3S.